The smallest absolute Gasteiger partial charge is 0.150 e. The molecule has 4 aromatic carbocycles. The predicted octanol–water partition coefficient (Wildman–Crippen LogP) is 8.76. The molecular formula is C34H26N4. The summed E-state index contributed by atoms with van der Waals surface area (Å²) in [6.07, 6.45) is 1.96. The summed E-state index contributed by atoms with van der Waals surface area (Å²) in [4.78, 5) is 9.51. The molecule has 0 N–H and O–H groups in total. The molecule has 182 valence electrons. The van der Waals surface area contributed by atoms with Crippen LogP contribution >= 0.6 is 0 Å². The fourth-order valence-corrected chi connectivity index (χ4v) is 5.46. The number of nitrogens with zero attached hydrogens (tertiary/aromatic N) is 4. The van der Waals surface area contributed by atoms with Crippen molar-refractivity contribution in [3.8, 4) is 16.9 Å². The second-order valence-corrected chi connectivity index (χ2v) is 9.50. The molecule has 0 bridgehead atoms. The highest BCUT2D eigenvalue weighted by Gasteiger charge is 2.39. The second-order valence-electron chi connectivity index (χ2n) is 9.50. The Morgan fingerprint density at radius 3 is 2.05 bits per heavy atom. The van der Waals surface area contributed by atoms with Crippen molar-refractivity contribution < 1.29 is 0 Å². The van der Waals surface area contributed by atoms with E-state index in [0.29, 0.717) is 0 Å². The maximum atomic E-state index is 4.98. The summed E-state index contributed by atoms with van der Waals surface area (Å²) in [6, 6.07) is 42.1. The minimum Gasteiger partial charge on any atom is -0.292 e. The molecule has 0 radical (unpaired) electrons. The zero-order valence-electron chi connectivity index (χ0n) is 21.1. The summed E-state index contributed by atoms with van der Waals surface area (Å²) in [5, 5.41) is 1.15. The average Bonchev–Trinajstić information content (AvgIpc) is 3.45. The van der Waals surface area contributed by atoms with Crippen LogP contribution in [-0.4, -0.2) is 9.55 Å². The van der Waals surface area contributed by atoms with E-state index in [4.69, 9.17) is 4.98 Å². The van der Waals surface area contributed by atoms with Crippen LogP contribution < -0.4 is 9.80 Å². The summed E-state index contributed by atoms with van der Waals surface area (Å²) in [6.45, 7) is 6.76. The fraction of sp³-hybridized carbons (Fsp3) is 0.0294. The number of pyridine rings is 1. The molecular weight excluding hydrogens is 464 g/mol. The van der Waals surface area contributed by atoms with Gasteiger partial charge in [-0.1, -0.05) is 91.5 Å². The molecule has 0 aliphatic carbocycles. The number of anilines is 4. The van der Waals surface area contributed by atoms with Crippen molar-refractivity contribution in [3.05, 3.63) is 145 Å². The summed E-state index contributed by atoms with van der Waals surface area (Å²) in [5.74, 6) is 2.78. The maximum absolute atomic E-state index is 4.98. The summed E-state index contributed by atoms with van der Waals surface area (Å²) in [7, 11) is 0. The molecule has 2 aromatic heterocycles. The molecule has 4 nitrogen and oxygen atoms in total. The van der Waals surface area contributed by atoms with Gasteiger partial charge in [-0.25, -0.2) is 4.98 Å². The molecule has 7 rings (SSSR count). The Morgan fingerprint density at radius 2 is 1.32 bits per heavy atom. The summed E-state index contributed by atoms with van der Waals surface area (Å²) < 4.78 is 2.26. The van der Waals surface area contributed by atoms with Crippen LogP contribution in [0.25, 0.3) is 27.8 Å². The normalized spacial score (nSPS) is 12.8. The van der Waals surface area contributed by atoms with Crippen LogP contribution in [0.4, 0.5) is 22.9 Å². The molecule has 0 amide bonds. The molecule has 0 saturated heterocycles. The number of para-hydroxylation sites is 3. The van der Waals surface area contributed by atoms with Crippen molar-refractivity contribution in [2.45, 2.75) is 6.92 Å². The third kappa shape index (κ3) is 3.35. The quantitative estimate of drug-likeness (QED) is 0.247. The van der Waals surface area contributed by atoms with Gasteiger partial charge >= 0.3 is 0 Å². The van der Waals surface area contributed by atoms with Crippen molar-refractivity contribution in [2.24, 2.45) is 0 Å². The van der Waals surface area contributed by atoms with Crippen LogP contribution in [0.15, 0.2) is 140 Å². The van der Waals surface area contributed by atoms with Crippen molar-refractivity contribution in [1.29, 1.82) is 0 Å². The van der Waals surface area contributed by atoms with E-state index in [0.717, 1.165) is 56.5 Å². The molecule has 0 unspecified atom stereocenters. The largest absolute Gasteiger partial charge is 0.292 e. The van der Waals surface area contributed by atoms with Crippen molar-refractivity contribution in [2.75, 3.05) is 9.80 Å². The standard InChI is InChI=1S/C34H26N4/c1-24-13-9-11-19-30(24)37-25(2)36(28-16-7-4-8-17-28)34-33(37)29-18-10-12-20-31(29)38(34)32-22-21-27(23-35-32)26-14-5-3-6-15-26/h3-23H,2H2,1H3. The van der Waals surface area contributed by atoms with Gasteiger partial charge in [0.2, 0.25) is 0 Å². The molecule has 0 atom stereocenters. The highest BCUT2D eigenvalue weighted by molar-refractivity contribution is 6.10. The Kier molecular flexibility index (Phi) is 5.12. The maximum Gasteiger partial charge on any atom is 0.150 e. The molecule has 0 spiro atoms. The molecule has 0 fully saturated rings. The SMILES string of the molecule is C=C1N(c2ccccc2C)c2c(n(-c3ccc(-c4ccccc4)cn3)c3ccccc23)N1c1ccccc1. The number of aromatic nitrogens is 2. The van der Waals surface area contributed by atoms with Gasteiger partial charge in [0.05, 0.1) is 16.9 Å². The first-order valence-electron chi connectivity index (χ1n) is 12.8. The Balaban J connectivity index is 1.51. The Bertz CT molecular complexity index is 1780. The Labute approximate surface area is 222 Å². The molecule has 0 saturated carbocycles. The lowest BCUT2D eigenvalue weighted by molar-refractivity contribution is 1.01. The van der Waals surface area contributed by atoms with Crippen LogP contribution in [0.2, 0.25) is 0 Å². The van der Waals surface area contributed by atoms with E-state index in [2.05, 4.69) is 137 Å². The Hall–Kier alpha value is -5.09. The Morgan fingerprint density at radius 1 is 0.632 bits per heavy atom. The van der Waals surface area contributed by atoms with Gasteiger partial charge in [-0.2, -0.15) is 0 Å². The molecule has 1 aliphatic rings. The van der Waals surface area contributed by atoms with E-state index < -0.39 is 0 Å². The average molecular weight is 491 g/mol. The highest BCUT2D eigenvalue weighted by atomic mass is 15.5. The summed E-state index contributed by atoms with van der Waals surface area (Å²) in [5.41, 5.74) is 7.82. The van der Waals surface area contributed by atoms with Gasteiger partial charge in [-0.05, 0) is 54.4 Å². The van der Waals surface area contributed by atoms with E-state index in [1.54, 1.807) is 0 Å². The van der Waals surface area contributed by atoms with Gasteiger partial charge in [0.1, 0.15) is 11.6 Å². The number of hydrogen-bond donors (Lipinski definition) is 0. The fourth-order valence-electron chi connectivity index (χ4n) is 5.46. The topological polar surface area (TPSA) is 24.3 Å². The van der Waals surface area contributed by atoms with Crippen molar-refractivity contribution >= 4 is 33.8 Å². The van der Waals surface area contributed by atoms with Gasteiger partial charge in [0.25, 0.3) is 0 Å². The number of fused-ring (bicyclic) bond motifs is 3. The van der Waals surface area contributed by atoms with Gasteiger partial charge in [0, 0.05) is 22.8 Å². The zero-order chi connectivity index (χ0) is 25.6. The van der Waals surface area contributed by atoms with E-state index in [9.17, 15) is 0 Å². The van der Waals surface area contributed by atoms with Crippen molar-refractivity contribution in [3.63, 3.8) is 0 Å². The van der Waals surface area contributed by atoms with Gasteiger partial charge in [0.15, 0.2) is 5.82 Å². The number of benzene rings is 4. The lowest BCUT2D eigenvalue weighted by atomic mass is 10.1. The third-order valence-corrected chi connectivity index (χ3v) is 7.23. The van der Waals surface area contributed by atoms with Crippen molar-refractivity contribution in [1.82, 2.24) is 9.55 Å². The molecule has 4 heteroatoms. The van der Waals surface area contributed by atoms with Crippen LogP contribution in [0.5, 0.6) is 0 Å². The van der Waals surface area contributed by atoms with E-state index in [1.165, 1.54) is 5.56 Å². The summed E-state index contributed by atoms with van der Waals surface area (Å²) >= 11 is 0. The number of hydrogen-bond acceptors (Lipinski definition) is 3. The van der Waals surface area contributed by atoms with Gasteiger partial charge in [-0.3, -0.25) is 14.4 Å². The monoisotopic (exact) mass is 490 g/mol. The molecule has 3 heterocycles. The van der Waals surface area contributed by atoms with Gasteiger partial charge < -0.3 is 0 Å². The molecule has 6 aromatic rings. The van der Waals surface area contributed by atoms with E-state index >= 15 is 0 Å². The van der Waals surface area contributed by atoms with Crippen LogP contribution in [-0.2, 0) is 0 Å². The second kappa shape index (κ2) is 8.79. The number of rotatable bonds is 4. The minimum atomic E-state index is 0.863. The minimum absolute atomic E-state index is 0.863. The van der Waals surface area contributed by atoms with Crippen LogP contribution in [0.1, 0.15) is 5.56 Å². The van der Waals surface area contributed by atoms with Gasteiger partial charge in [-0.15, -0.1) is 0 Å². The number of aryl methyl sites for hydroxylation is 1. The zero-order valence-corrected chi connectivity index (χ0v) is 21.1. The first-order chi connectivity index (χ1) is 18.7. The first-order valence-corrected chi connectivity index (χ1v) is 12.8. The van der Waals surface area contributed by atoms with Crippen LogP contribution in [0.3, 0.4) is 0 Å². The van der Waals surface area contributed by atoms with E-state index in [-0.39, 0.29) is 0 Å². The predicted molar refractivity (Wildman–Crippen MR) is 158 cm³/mol. The lowest BCUT2D eigenvalue weighted by Crippen LogP contribution is -2.22. The van der Waals surface area contributed by atoms with E-state index in [1.807, 2.05) is 18.3 Å². The third-order valence-electron chi connectivity index (χ3n) is 7.23. The molecule has 38 heavy (non-hydrogen) atoms. The van der Waals surface area contributed by atoms with Crippen LogP contribution in [0, 0.1) is 6.92 Å². The first kappa shape index (κ1) is 22.1. The molecule has 1 aliphatic heterocycles. The lowest BCUT2D eigenvalue weighted by Gasteiger charge is -2.27. The highest BCUT2D eigenvalue weighted by Crippen LogP contribution is 2.55.